The molecule has 0 spiro atoms. The van der Waals surface area contributed by atoms with Crippen LogP contribution in [-0.4, -0.2) is 9.55 Å². The number of hydrogen-bond acceptors (Lipinski definition) is 3. The Kier molecular flexibility index (Phi) is 2.91. The molecular weight excluding hydrogens is 316 g/mol. The van der Waals surface area contributed by atoms with Crippen molar-refractivity contribution < 1.29 is 0 Å². The van der Waals surface area contributed by atoms with Crippen LogP contribution < -0.4 is 5.56 Å². The van der Waals surface area contributed by atoms with Gasteiger partial charge in [0.25, 0.3) is 5.56 Å². The first-order valence-corrected chi connectivity index (χ1v) is 9.08. The molecule has 24 heavy (non-hydrogen) atoms. The molecule has 4 aromatic rings. The summed E-state index contributed by atoms with van der Waals surface area (Å²) in [4.78, 5) is 20.4. The molecule has 0 bridgehead atoms. The van der Waals surface area contributed by atoms with Gasteiger partial charge in [0.05, 0.1) is 11.1 Å². The van der Waals surface area contributed by atoms with Gasteiger partial charge in [-0.25, -0.2) is 4.98 Å². The first kappa shape index (κ1) is 13.9. The third-order valence-electron chi connectivity index (χ3n) is 4.91. The maximum absolute atomic E-state index is 13.3. The molecule has 0 radical (unpaired) electrons. The summed E-state index contributed by atoms with van der Waals surface area (Å²) in [6, 6.07) is 14.3. The second-order valence-corrected chi connectivity index (χ2v) is 7.42. The smallest absolute Gasteiger partial charge is 0.267 e. The number of hydrogen-bond donors (Lipinski definition) is 0. The van der Waals surface area contributed by atoms with Crippen molar-refractivity contribution >= 4 is 32.3 Å². The van der Waals surface area contributed by atoms with Gasteiger partial charge in [0, 0.05) is 10.3 Å². The lowest BCUT2D eigenvalue weighted by Crippen LogP contribution is -2.22. The summed E-state index contributed by atoms with van der Waals surface area (Å²) in [7, 11) is 0. The molecule has 0 N–H and O–H groups in total. The van der Waals surface area contributed by atoms with Crippen LogP contribution in [0.4, 0.5) is 0 Å². The van der Waals surface area contributed by atoms with E-state index in [4.69, 9.17) is 4.98 Å². The zero-order chi connectivity index (χ0) is 16.3. The van der Waals surface area contributed by atoms with Gasteiger partial charge in [0.2, 0.25) is 0 Å². The van der Waals surface area contributed by atoms with Gasteiger partial charge in [-0.2, -0.15) is 0 Å². The van der Waals surface area contributed by atoms with Gasteiger partial charge in [-0.05, 0) is 43.2 Å². The van der Waals surface area contributed by atoms with Gasteiger partial charge in [-0.1, -0.05) is 36.4 Å². The lowest BCUT2D eigenvalue weighted by atomic mass is 10.1. The number of benzene rings is 2. The van der Waals surface area contributed by atoms with E-state index in [2.05, 4.69) is 18.2 Å². The Morgan fingerprint density at radius 3 is 2.83 bits per heavy atom. The molecular formula is C20H16N2OS. The monoisotopic (exact) mass is 332 g/mol. The normalized spacial score (nSPS) is 13.7. The minimum Gasteiger partial charge on any atom is -0.268 e. The van der Waals surface area contributed by atoms with Crippen LogP contribution in [0.5, 0.6) is 0 Å². The molecule has 1 aliphatic carbocycles. The van der Waals surface area contributed by atoms with Crippen molar-refractivity contribution in [2.75, 3.05) is 0 Å². The SMILES string of the molecule is Cc1nc2sc3c(c2c(=O)n1-c1cccc2ccccc12)CCC3. The molecule has 0 saturated heterocycles. The molecule has 0 atom stereocenters. The van der Waals surface area contributed by atoms with Crippen molar-refractivity contribution in [1.82, 2.24) is 9.55 Å². The number of nitrogens with zero attached hydrogens (tertiary/aromatic N) is 2. The lowest BCUT2D eigenvalue weighted by Gasteiger charge is -2.12. The summed E-state index contributed by atoms with van der Waals surface area (Å²) in [5.74, 6) is 0.753. The molecule has 0 saturated carbocycles. The molecule has 0 aliphatic heterocycles. The van der Waals surface area contributed by atoms with E-state index >= 15 is 0 Å². The van der Waals surface area contributed by atoms with Crippen LogP contribution in [0.1, 0.15) is 22.7 Å². The highest BCUT2D eigenvalue weighted by Gasteiger charge is 2.23. The van der Waals surface area contributed by atoms with Gasteiger partial charge < -0.3 is 0 Å². The van der Waals surface area contributed by atoms with Crippen LogP contribution in [0, 0.1) is 6.92 Å². The highest BCUT2D eigenvalue weighted by atomic mass is 32.1. The molecule has 2 aromatic heterocycles. The Balaban J connectivity index is 1.91. The first-order valence-electron chi connectivity index (χ1n) is 8.26. The highest BCUT2D eigenvalue weighted by molar-refractivity contribution is 7.18. The van der Waals surface area contributed by atoms with E-state index in [1.165, 1.54) is 10.4 Å². The van der Waals surface area contributed by atoms with Gasteiger partial charge >= 0.3 is 0 Å². The minimum absolute atomic E-state index is 0.0771. The molecule has 0 unspecified atom stereocenters. The van der Waals surface area contributed by atoms with Crippen LogP contribution in [0.25, 0.3) is 26.7 Å². The molecule has 4 heteroatoms. The summed E-state index contributed by atoms with van der Waals surface area (Å²) in [6.07, 6.45) is 3.24. The number of thiophene rings is 1. The fraction of sp³-hybridized carbons (Fsp3) is 0.200. The second-order valence-electron chi connectivity index (χ2n) is 6.34. The van der Waals surface area contributed by atoms with Crippen molar-refractivity contribution in [3.63, 3.8) is 0 Å². The molecule has 0 amide bonds. The predicted octanol–water partition coefficient (Wildman–Crippen LogP) is 4.40. The fourth-order valence-electron chi connectivity index (χ4n) is 3.83. The predicted molar refractivity (Wildman–Crippen MR) is 99.5 cm³/mol. The molecule has 2 heterocycles. The summed E-state index contributed by atoms with van der Waals surface area (Å²) < 4.78 is 1.79. The van der Waals surface area contributed by atoms with Crippen LogP contribution in [0.2, 0.25) is 0 Å². The Morgan fingerprint density at radius 1 is 1.08 bits per heavy atom. The van der Waals surface area contributed by atoms with E-state index in [-0.39, 0.29) is 5.56 Å². The van der Waals surface area contributed by atoms with E-state index < -0.39 is 0 Å². The van der Waals surface area contributed by atoms with E-state index in [9.17, 15) is 4.79 Å². The lowest BCUT2D eigenvalue weighted by molar-refractivity contribution is 0.894. The number of aromatic nitrogens is 2. The van der Waals surface area contributed by atoms with Gasteiger partial charge in [0.1, 0.15) is 10.7 Å². The molecule has 0 fully saturated rings. The van der Waals surface area contributed by atoms with Gasteiger partial charge in [-0.15, -0.1) is 11.3 Å². The van der Waals surface area contributed by atoms with Crippen LogP contribution in [0.15, 0.2) is 47.3 Å². The molecule has 118 valence electrons. The Labute approximate surface area is 143 Å². The first-order chi connectivity index (χ1) is 11.7. The minimum atomic E-state index is 0.0771. The zero-order valence-electron chi connectivity index (χ0n) is 13.4. The number of aryl methyl sites for hydroxylation is 3. The van der Waals surface area contributed by atoms with Crippen LogP contribution in [0.3, 0.4) is 0 Å². The highest BCUT2D eigenvalue weighted by Crippen LogP contribution is 2.35. The van der Waals surface area contributed by atoms with Crippen LogP contribution in [-0.2, 0) is 12.8 Å². The largest absolute Gasteiger partial charge is 0.268 e. The van der Waals surface area contributed by atoms with Crippen molar-refractivity contribution in [2.24, 2.45) is 0 Å². The molecule has 2 aromatic carbocycles. The summed E-state index contributed by atoms with van der Waals surface area (Å²) >= 11 is 1.70. The average molecular weight is 332 g/mol. The Bertz CT molecular complexity index is 1160. The van der Waals surface area contributed by atoms with Gasteiger partial charge in [0.15, 0.2) is 0 Å². The Morgan fingerprint density at radius 2 is 1.92 bits per heavy atom. The van der Waals surface area contributed by atoms with Crippen molar-refractivity contribution in [3.8, 4) is 5.69 Å². The van der Waals surface area contributed by atoms with E-state index in [1.54, 1.807) is 15.9 Å². The zero-order valence-corrected chi connectivity index (χ0v) is 14.2. The van der Waals surface area contributed by atoms with Crippen LogP contribution >= 0.6 is 11.3 Å². The molecule has 1 aliphatic rings. The maximum Gasteiger partial charge on any atom is 0.267 e. The van der Waals surface area contributed by atoms with E-state index in [0.717, 1.165) is 51.8 Å². The van der Waals surface area contributed by atoms with E-state index in [0.29, 0.717) is 0 Å². The number of fused-ring (bicyclic) bond motifs is 4. The molecule has 5 rings (SSSR count). The number of rotatable bonds is 1. The second kappa shape index (κ2) is 5.02. The average Bonchev–Trinajstić information content (AvgIpc) is 3.15. The fourth-order valence-corrected chi connectivity index (χ4v) is 5.13. The van der Waals surface area contributed by atoms with E-state index in [1.807, 2.05) is 31.2 Å². The van der Waals surface area contributed by atoms with Gasteiger partial charge in [-0.3, -0.25) is 9.36 Å². The maximum atomic E-state index is 13.3. The van der Waals surface area contributed by atoms with Crippen molar-refractivity contribution in [1.29, 1.82) is 0 Å². The van der Waals surface area contributed by atoms with Crippen molar-refractivity contribution in [3.05, 3.63) is 69.1 Å². The quantitative estimate of drug-likeness (QED) is 0.518. The summed E-state index contributed by atoms with van der Waals surface area (Å²) in [5.41, 5.74) is 2.23. The summed E-state index contributed by atoms with van der Waals surface area (Å²) in [5, 5.41) is 3.06. The third-order valence-corrected chi connectivity index (χ3v) is 6.10. The molecule has 3 nitrogen and oxygen atoms in total. The summed E-state index contributed by atoms with van der Waals surface area (Å²) in [6.45, 7) is 1.92. The standard InChI is InChI=1S/C20H16N2OS/c1-12-21-19-18(15-9-5-11-17(15)24-19)20(23)22(12)16-10-4-7-13-6-2-3-8-14(13)16/h2-4,6-8,10H,5,9,11H2,1H3. The van der Waals surface area contributed by atoms with Crippen molar-refractivity contribution in [2.45, 2.75) is 26.2 Å². The third kappa shape index (κ3) is 1.83. The Hall–Kier alpha value is -2.46. The topological polar surface area (TPSA) is 34.9 Å².